The van der Waals surface area contributed by atoms with Gasteiger partial charge in [-0.25, -0.2) is 0 Å². The summed E-state index contributed by atoms with van der Waals surface area (Å²) in [6, 6.07) is 6.44. The van der Waals surface area contributed by atoms with E-state index in [1.54, 1.807) is 6.92 Å². The zero-order valence-corrected chi connectivity index (χ0v) is 9.17. The first-order chi connectivity index (χ1) is 6.59. The van der Waals surface area contributed by atoms with E-state index in [0.717, 1.165) is 6.54 Å². The van der Waals surface area contributed by atoms with Gasteiger partial charge in [-0.05, 0) is 37.5 Å². The van der Waals surface area contributed by atoms with E-state index in [1.807, 2.05) is 0 Å². The summed E-state index contributed by atoms with van der Waals surface area (Å²) in [5.74, 6) is 0. The molecule has 2 nitrogen and oxygen atoms in total. The Hall–Kier alpha value is -0.860. The first-order valence-electron chi connectivity index (χ1n) is 5.04. The van der Waals surface area contributed by atoms with Crippen LogP contribution < -0.4 is 5.32 Å². The predicted molar refractivity (Wildman–Crippen MR) is 59.3 cm³/mol. The smallest absolute Gasteiger partial charge is 0.0636 e. The summed E-state index contributed by atoms with van der Waals surface area (Å²) in [6.45, 7) is 7.49. The fourth-order valence-corrected chi connectivity index (χ4v) is 1.34. The highest BCUT2D eigenvalue weighted by atomic mass is 16.3. The summed E-state index contributed by atoms with van der Waals surface area (Å²) in [5, 5.41) is 12.3. The minimum absolute atomic E-state index is 0.276. The lowest BCUT2D eigenvalue weighted by atomic mass is 10.1. The fraction of sp³-hybridized carbons (Fsp3) is 0.500. The van der Waals surface area contributed by atoms with Crippen LogP contribution in [-0.2, 0) is 6.54 Å². The Morgan fingerprint density at radius 2 is 2.00 bits per heavy atom. The van der Waals surface area contributed by atoms with Crippen molar-refractivity contribution in [1.29, 1.82) is 0 Å². The quantitative estimate of drug-likeness (QED) is 0.764. The van der Waals surface area contributed by atoms with Gasteiger partial charge in [-0.1, -0.05) is 18.2 Å². The first-order valence-corrected chi connectivity index (χ1v) is 5.04. The van der Waals surface area contributed by atoms with Gasteiger partial charge in [-0.2, -0.15) is 0 Å². The van der Waals surface area contributed by atoms with Crippen LogP contribution in [0.3, 0.4) is 0 Å². The number of benzene rings is 1. The van der Waals surface area contributed by atoms with Crippen molar-refractivity contribution in [3.63, 3.8) is 0 Å². The average molecular weight is 193 g/mol. The monoisotopic (exact) mass is 193 g/mol. The molecule has 0 aliphatic carbocycles. The normalized spacial score (nSPS) is 12.9. The van der Waals surface area contributed by atoms with Gasteiger partial charge in [0.05, 0.1) is 6.10 Å². The molecule has 78 valence electrons. The van der Waals surface area contributed by atoms with Gasteiger partial charge < -0.3 is 10.4 Å². The highest BCUT2D eigenvalue weighted by Gasteiger charge is 1.97. The van der Waals surface area contributed by atoms with Crippen molar-refractivity contribution in [3.8, 4) is 0 Å². The number of aliphatic hydroxyl groups excluding tert-OH is 1. The van der Waals surface area contributed by atoms with Gasteiger partial charge in [0.25, 0.3) is 0 Å². The molecule has 2 heteroatoms. The second kappa shape index (κ2) is 5.13. The van der Waals surface area contributed by atoms with Crippen LogP contribution in [0.25, 0.3) is 0 Å². The van der Waals surface area contributed by atoms with E-state index in [4.69, 9.17) is 5.11 Å². The van der Waals surface area contributed by atoms with E-state index in [9.17, 15) is 0 Å². The molecule has 0 spiro atoms. The van der Waals surface area contributed by atoms with Gasteiger partial charge in [-0.15, -0.1) is 0 Å². The lowest BCUT2D eigenvalue weighted by Crippen LogP contribution is -2.23. The molecule has 0 aromatic heterocycles. The average Bonchev–Trinajstić information content (AvgIpc) is 2.10. The van der Waals surface area contributed by atoms with Crippen LogP contribution in [0.5, 0.6) is 0 Å². The minimum Gasteiger partial charge on any atom is -0.392 e. The number of aliphatic hydroxyl groups is 1. The molecule has 0 radical (unpaired) electrons. The Morgan fingerprint density at radius 3 is 2.57 bits per heavy atom. The standard InChI is InChI=1S/C12H19NO/c1-9-4-5-12(6-10(9)2)8-13-7-11(3)14/h4-6,11,13-14H,7-8H2,1-3H3/t11-/m1/s1. The summed E-state index contributed by atoms with van der Waals surface area (Å²) in [5.41, 5.74) is 3.92. The second-order valence-corrected chi connectivity index (χ2v) is 3.90. The van der Waals surface area contributed by atoms with Crippen molar-refractivity contribution in [1.82, 2.24) is 5.32 Å². The van der Waals surface area contributed by atoms with Crippen LogP contribution in [0, 0.1) is 13.8 Å². The Balaban J connectivity index is 2.47. The van der Waals surface area contributed by atoms with Crippen molar-refractivity contribution in [3.05, 3.63) is 34.9 Å². The van der Waals surface area contributed by atoms with Crippen LogP contribution in [0.15, 0.2) is 18.2 Å². The molecule has 1 atom stereocenters. The number of hydrogen-bond acceptors (Lipinski definition) is 2. The van der Waals surface area contributed by atoms with E-state index in [1.165, 1.54) is 16.7 Å². The van der Waals surface area contributed by atoms with Crippen LogP contribution in [0.2, 0.25) is 0 Å². The largest absolute Gasteiger partial charge is 0.392 e. The van der Waals surface area contributed by atoms with E-state index < -0.39 is 0 Å². The Labute approximate surface area is 86.0 Å². The van der Waals surface area contributed by atoms with Gasteiger partial charge in [-0.3, -0.25) is 0 Å². The zero-order chi connectivity index (χ0) is 10.6. The Morgan fingerprint density at radius 1 is 1.29 bits per heavy atom. The number of hydrogen-bond donors (Lipinski definition) is 2. The third-order valence-corrected chi connectivity index (χ3v) is 2.34. The van der Waals surface area contributed by atoms with Crippen molar-refractivity contribution in [2.45, 2.75) is 33.4 Å². The fourth-order valence-electron chi connectivity index (χ4n) is 1.34. The highest BCUT2D eigenvalue weighted by molar-refractivity contribution is 5.29. The molecule has 1 aromatic carbocycles. The van der Waals surface area contributed by atoms with E-state index in [-0.39, 0.29) is 6.10 Å². The van der Waals surface area contributed by atoms with Crippen molar-refractivity contribution < 1.29 is 5.11 Å². The van der Waals surface area contributed by atoms with Crippen LogP contribution in [-0.4, -0.2) is 17.8 Å². The predicted octanol–water partition coefficient (Wildman–Crippen LogP) is 1.77. The summed E-state index contributed by atoms with van der Waals surface area (Å²) in [7, 11) is 0. The topological polar surface area (TPSA) is 32.3 Å². The molecule has 0 heterocycles. The summed E-state index contributed by atoms with van der Waals surface area (Å²) in [6.07, 6.45) is -0.276. The molecule has 14 heavy (non-hydrogen) atoms. The van der Waals surface area contributed by atoms with E-state index in [2.05, 4.69) is 37.4 Å². The zero-order valence-electron chi connectivity index (χ0n) is 9.17. The van der Waals surface area contributed by atoms with Crippen LogP contribution in [0.1, 0.15) is 23.6 Å². The molecule has 0 bridgehead atoms. The van der Waals surface area contributed by atoms with E-state index >= 15 is 0 Å². The maximum absolute atomic E-state index is 9.07. The Bertz CT molecular complexity index is 294. The van der Waals surface area contributed by atoms with Gasteiger partial charge in [0.1, 0.15) is 0 Å². The van der Waals surface area contributed by atoms with Crippen molar-refractivity contribution in [2.75, 3.05) is 6.54 Å². The molecule has 0 aliphatic heterocycles. The maximum atomic E-state index is 9.07. The molecule has 2 N–H and O–H groups in total. The molecule has 0 fully saturated rings. The van der Waals surface area contributed by atoms with Crippen LogP contribution >= 0.6 is 0 Å². The molecule has 0 saturated carbocycles. The van der Waals surface area contributed by atoms with Gasteiger partial charge >= 0.3 is 0 Å². The first kappa shape index (κ1) is 11.2. The van der Waals surface area contributed by atoms with E-state index in [0.29, 0.717) is 6.54 Å². The van der Waals surface area contributed by atoms with Crippen molar-refractivity contribution in [2.24, 2.45) is 0 Å². The number of aryl methyl sites for hydroxylation is 2. The lowest BCUT2D eigenvalue weighted by Gasteiger charge is -2.08. The molecule has 1 rings (SSSR count). The molecular formula is C12H19NO. The maximum Gasteiger partial charge on any atom is 0.0636 e. The SMILES string of the molecule is Cc1ccc(CNC[C@@H](C)O)cc1C. The number of nitrogens with one attached hydrogen (secondary N) is 1. The van der Waals surface area contributed by atoms with Gasteiger partial charge in [0.15, 0.2) is 0 Å². The highest BCUT2D eigenvalue weighted by Crippen LogP contribution is 2.09. The summed E-state index contributed by atoms with van der Waals surface area (Å²) in [4.78, 5) is 0. The molecule has 0 aliphatic rings. The lowest BCUT2D eigenvalue weighted by molar-refractivity contribution is 0.191. The van der Waals surface area contributed by atoms with Gasteiger partial charge in [0.2, 0.25) is 0 Å². The minimum atomic E-state index is -0.276. The summed E-state index contributed by atoms with van der Waals surface area (Å²) >= 11 is 0. The third-order valence-electron chi connectivity index (χ3n) is 2.34. The number of rotatable bonds is 4. The molecule has 0 amide bonds. The summed E-state index contributed by atoms with van der Waals surface area (Å²) < 4.78 is 0. The molecule has 0 unspecified atom stereocenters. The Kier molecular flexibility index (Phi) is 4.11. The molecule has 1 aromatic rings. The van der Waals surface area contributed by atoms with Gasteiger partial charge in [0, 0.05) is 13.1 Å². The van der Waals surface area contributed by atoms with Crippen molar-refractivity contribution >= 4 is 0 Å². The van der Waals surface area contributed by atoms with Crippen LogP contribution in [0.4, 0.5) is 0 Å². The molecular weight excluding hydrogens is 174 g/mol. The molecule has 0 saturated heterocycles. The second-order valence-electron chi connectivity index (χ2n) is 3.90. The third kappa shape index (κ3) is 3.48.